The standard InChI is InChI=1S/C8H15NO4S/c1-6(5-14(11)12)9-7(10)13-8(2,3)4/h5-6H,1-4H3,(H,9,10). The molecule has 6 heteroatoms. The summed E-state index contributed by atoms with van der Waals surface area (Å²) in [7, 11) is -2.28. The molecule has 0 aliphatic rings. The van der Waals surface area contributed by atoms with Gasteiger partial charge in [-0.3, -0.25) is 0 Å². The average Bonchev–Trinajstić information content (AvgIpc) is 1.77. The number of hydrogen-bond donors (Lipinski definition) is 1. The van der Waals surface area contributed by atoms with Crippen LogP contribution in [0.5, 0.6) is 0 Å². The zero-order valence-corrected chi connectivity index (χ0v) is 9.51. The van der Waals surface area contributed by atoms with Crippen LogP contribution < -0.4 is 5.32 Å². The number of nitrogens with one attached hydrogen (secondary N) is 1. The molecule has 0 aliphatic heterocycles. The molecule has 0 fully saturated rings. The van der Waals surface area contributed by atoms with Crippen LogP contribution in [0.15, 0.2) is 0 Å². The molecule has 0 aromatic heterocycles. The van der Waals surface area contributed by atoms with Crippen molar-refractivity contribution in [2.45, 2.75) is 39.3 Å². The normalized spacial score (nSPS) is 12.9. The third kappa shape index (κ3) is 7.60. The maximum atomic E-state index is 11.1. The van der Waals surface area contributed by atoms with E-state index in [1.807, 2.05) is 0 Å². The summed E-state index contributed by atoms with van der Waals surface area (Å²) in [6.07, 6.45) is -0.633. The maximum Gasteiger partial charge on any atom is 0.408 e. The van der Waals surface area contributed by atoms with Gasteiger partial charge in [-0.05, 0) is 27.7 Å². The van der Waals surface area contributed by atoms with Gasteiger partial charge in [-0.1, -0.05) is 0 Å². The Hall–Kier alpha value is -1.04. The van der Waals surface area contributed by atoms with E-state index in [2.05, 4.69) is 5.32 Å². The Bertz CT molecular complexity index is 318. The molecular formula is C8H15NO4S. The van der Waals surface area contributed by atoms with Gasteiger partial charge in [0.1, 0.15) is 5.60 Å². The summed E-state index contributed by atoms with van der Waals surface area (Å²) in [4.78, 5) is 11.1. The highest BCUT2D eigenvalue weighted by atomic mass is 32.2. The van der Waals surface area contributed by atoms with E-state index in [1.165, 1.54) is 0 Å². The quantitative estimate of drug-likeness (QED) is 0.692. The lowest BCUT2D eigenvalue weighted by Gasteiger charge is -2.20. The van der Waals surface area contributed by atoms with Crippen molar-refractivity contribution in [3.8, 4) is 0 Å². The smallest absolute Gasteiger partial charge is 0.408 e. The molecule has 82 valence electrons. The van der Waals surface area contributed by atoms with Crippen molar-refractivity contribution in [3.05, 3.63) is 0 Å². The molecule has 1 amide bonds. The van der Waals surface area contributed by atoms with Gasteiger partial charge < -0.3 is 10.1 Å². The van der Waals surface area contributed by atoms with E-state index in [9.17, 15) is 13.2 Å². The topological polar surface area (TPSA) is 72.5 Å². The summed E-state index contributed by atoms with van der Waals surface area (Å²) < 4.78 is 25.4. The lowest BCUT2D eigenvalue weighted by molar-refractivity contribution is 0.0522. The molecule has 1 unspecified atom stereocenters. The van der Waals surface area contributed by atoms with E-state index in [0.717, 1.165) is 5.37 Å². The Morgan fingerprint density at radius 2 is 1.93 bits per heavy atom. The molecule has 0 aliphatic carbocycles. The molecule has 0 rings (SSSR count). The van der Waals surface area contributed by atoms with Crippen molar-refractivity contribution in [1.82, 2.24) is 5.32 Å². The zero-order chi connectivity index (χ0) is 11.4. The fourth-order valence-corrected chi connectivity index (χ4v) is 1.10. The molecule has 1 atom stereocenters. The highest BCUT2D eigenvalue weighted by molar-refractivity contribution is 7.71. The van der Waals surface area contributed by atoms with Gasteiger partial charge in [0.2, 0.25) is 10.3 Å². The lowest BCUT2D eigenvalue weighted by Crippen LogP contribution is -2.38. The Morgan fingerprint density at radius 1 is 1.43 bits per heavy atom. The molecule has 0 spiro atoms. The van der Waals surface area contributed by atoms with Gasteiger partial charge >= 0.3 is 6.09 Å². The van der Waals surface area contributed by atoms with E-state index in [4.69, 9.17) is 4.74 Å². The molecule has 0 saturated heterocycles. The summed E-state index contributed by atoms with van der Waals surface area (Å²) in [5.41, 5.74) is -0.583. The summed E-state index contributed by atoms with van der Waals surface area (Å²) in [6, 6.07) is -0.566. The first kappa shape index (κ1) is 13.0. The van der Waals surface area contributed by atoms with Crippen LogP contribution in [0.25, 0.3) is 0 Å². The van der Waals surface area contributed by atoms with Gasteiger partial charge in [0.15, 0.2) is 0 Å². The monoisotopic (exact) mass is 221 g/mol. The minimum atomic E-state index is -2.28. The molecular weight excluding hydrogens is 206 g/mol. The zero-order valence-electron chi connectivity index (χ0n) is 8.70. The Balaban J connectivity index is 4.15. The largest absolute Gasteiger partial charge is 0.444 e. The summed E-state index contributed by atoms with van der Waals surface area (Å²) in [5.74, 6) is 0. The first-order chi connectivity index (χ1) is 6.20. The van der Waals surface area contributed by atoms with Gasteiger partial charge in [0.25, 0.3) is 0 Å². The molecule has 0 bridgehead atoms. The summed E-state index contributed by atoms with van der Waals surface area (Å²) >= 11 is 0. The van der Waals surface area contributed by atoms with E-state index in [1.54, 1.807) is 27.7 Å². The van der Waals surface area contributed by atoms with E-state index < -0.39 is 28.0 Å². The van der Waals surface area contributed by atoms with Crippen LogP contribution in [0.1, 0.15) is 27.7 Å². The van der Waals surface area contributed by atoms with E-state index in [-0.39, 0.29) is 0 Å². The Kier molecular flexibility index (Phi) is 4.62. The van der Waals surface area contributed by atoms with Crippen LogP contribution in [-0.4, -0.2) is 31.5 Å². The highest BCUT2D eigenvalue weighted by Gasteiger charge is 2.16. The molecule has 0 radical (unpaired) electrons. The Morgan fingerprint density at radius 3 is 2.29 bits per heavy atom. The minimum absolute atomic E-state index is 0.566. The van der Waals surface area contributed by atoms with Crippen LogP contribution in [-0.2, 0) is 15.0 Å². The van der Waals surface area contributed by atoms with Crippen LogP contribution in [0.4, 0.5) is 4.79 Å². The van der Waals surface area contributed by atoms with Crippen LogP contribution in [0.3, 0.4) is 0 Å². The van der Waals surface area contributed by atoms with E-state index >= 15 is 0 Å². The molecule has 5 nitrogen and oxygen atoms in total. The number of ether oxygens (including phenoxy) is 1. The number of alkyl carbamates (subject to hydrolysis) is 1. The molecule has 0 aromatic rings. The SMILES string of the molecule is CC(C=S(=O)=O)NC(=O)OC(C)(C)C. The second-order valence-corrected chi connectivity index (χ2v) is 4.62. The van der Waals surface area contributed by atoms with Crippen molar-refractivity contribution >= 4 is 21.8 Å². The second-order valence-electron chi connectivity index (χ2n) is 3.83. The average molecular weight is 221 g/mol. The van der Waals surface area contributed by atoms with Crippen LogP contribution in [0, 0.1) is 0 Å². The molecule has 14 heavy (non-hydrogen) atoms. The van der Waals surface area contributed by atoms with Gasteiger partial charge in [-0.25, -0.2) is 4.79 Å². The number of carbonyl (C=O) groups is 1. The number of carbonyl (C=O) groups excluding carboxylic acids is 1. The molecule has 0 heterocycles. The predicted molar refractivity (Wildman–Crippen MR) is 53.8 cm³/mol. The van der Waals surface area contributed by atoms with Crippen molar-refractivity contribution in [2.24, 2.45) is 0 Å². The fourth-order valence-electron chi connectivity index (χ4n) is 0.694. The van der Waals surface area contributed by atoms with Crippen LogP contribution in [0.2, 0.25) is 0 Å². The first-order valence-corrected chi connectivity index (χ1v) is 5.27. The third-order valence-corrected chi connectivity index (χ3v) is 1.69. The van der Waals surface area contributed by atoms with Gasteiger partial charge in [0.05, 0.1) is 11.4 Å². The summed E-state index contributed by atoms with van der Waals surface area (Å²) in [6.45, 7) is 6.73. The molecule has 1 N–H and O–H groups in total. The number of rotatable bonds is 2. The van der Waals surface area contributed by atoms with Crippen molar-refractivity contribution in [3.63, 3.8) is 0 Å². The fraction of sp³-hybridized carbons (Fsp3) is 0.750. The summed E-state index contributed by atoms with van der Waals surface area (Å²) in [5, 5.41) is 3.33. The highest BCUT2D eigenvalue weighted by Crippen LogP contribution is 2.06. The van der Waals surface area contributed by atoms with Gasteiger partial charge in [0, 0.05) is 0 Å². The second kappa shape index (κ2) is 4.99. The maximum absolute atomic E-state index is 11.1. The molecule has 0 aromatic carbocycles. The number of hydrogen-bond acceptors (Lipinski definition) is 4. The van der Waals surface area contributed by atoms with Crippen molar-refractivity contribution in [2.75, 3.05) is 0 Å². The van der Waals surface area contributed by atoms with Gasteiger partial charge in [-0.15, -0.1) is 0 Å². The Labute approximate surface area is 85.0 Å². The predicted octanol–water partition coefficient (Wildman–Crippen LogP) is 0.581. The lowest BCUT2D eigenvalue weighted by atomic mass is 10.2. The van der Waals surface area contributed by atoms with Crippen molar-refractivity contribution < 1.29 is 17.9 Å². The number of amides is 1. The van der Waals surface area contributed by atoms with Crippen LogP contribution >= 0.6 is 0 Å². The first-order valence-electron chi connectivity index (χ1n) is 4.13. The van der Waals surface area contributed by atoms with Gasteiger partial charge in [-0.2, -0.15) is 8.42 Å². The third-order valence-electron chi connectivity index (χ3n) is 1.06. The minimum Gasteiger partial charge on any atom is -0.444 e. The molecule has 0 saturated carbocycles. The van der Waals surface area contributed by atoms with E-state index in [0.29, 0.717) is 0 Å². The van der Waals surface area contributed by atoms with Crippen molar-refractivity contribution in [1.29, 1.82) is 0 Å².